The maximum Gasteiger partial charge on any atom is 0.410 e. The average Bonchev–Trinajstić information content (AvgIpc) is 3.55. The van der Waals surface area contributed by atoms with Crippen LogP contribution in [0.2, 0.25) is 0 Å². The van der Waals surface area contributed by atoms with Crippen molar-refractivity contribution in [1.82, 2.24) is 19.9 Å². The topological polar surface area (TPSA) is 194 Å². The van der Waals surface area contributed by atoms with Gasteiger partial charge in [-0.05, 0) is 92.9 Å². The molecule has 2 saturated heterocycles. The van der Waals surface area contributed by atoms with E-state index in [0.717, 1.165) is 19.3 Å². The zero-order valence-electron chi connectivity index (χ0n) is 26.1. The molecule has 2 aliphatic carbocycles. The molecule has 4 N–H and O–H groups in total. The molecule has 4 fully saturated rings. The van der Waals surface area contributed by atoms with Crippen LogP contribution in [0.4, 0.5) is 18.4 Å². The van der Waals surface area contributed by atoms with E-state index in [0.29, 0.717) is 38.2 Å². The predicted octanol–water partition coefficient (Wildman–Crippen LogP) is 4.81. The van der Waals surface area contributed by atoms with Crippen molar-refractivity contribution >= 4 is 24.0 Å². The summed E-state index contributed by atoms with van der Waals surface area (Å²) >= 11 is 0. The first-order valence-electron chi connectivity index (χ1n) is 14.7. The number of hydrogen-bond acceptors (Lipinski definition) is 10. The molecule has 0 unspecified atom stereocenters. The molecule has 3 heterocycles. The average molecular weight is 631 g/mol. The second kappa shape index (κ2) is 13.1. The molecule has 16 heteroatoms. The quantitative estimate of drug-likeness (QED) is 0.179. The number of nitrogens with two attached hydrogens (primary N) is 1. The SMILES string of the molecule is CC(C)(C)OC(=O)N1CCC[C@H]1C(N)=NO.CC(C)(C)OC(=O)N1CCC[C@H]1c1noc(C2(F)CC2)n1.O=C(O)C1(F)CC1. The highest BCUT2D eigenvalue weighted by atomic mass is 19.1. The van der Waals surface area contributed by atoms with Gasteiger partial charge in [-0.3, -0.25) is 9.80 Å². The monoisotopic (exact) mass is 630 g/mol. The fourth-order valence-electron chi connectivity index (χ4n) is 4.45. The van der Waals surface area contributed by atoms with E-state index in [1.165, 1.54) is 4.90 Å². The predicted molar refractivity (Wildman–Crippen MR) is 151 cm³/mol. The Kier molecular flexibility index (Phi) is 10.4. The normalized spacial score (nSPS) is 23.5. The van der Waals surface area contributed by atoms with Gasteiger partial charge in [0.2, 0.25) is 5.67 Å². The number of halogens is 2. The molecule has 0 bridgehead atoms. The fraction of sp³-hybridized carbons (Fsp3) is 0.786. The molecule has 2 aliphatic heterocycles. The van der Waals surface area contributed by atoms with E-state index in [1.54, 1.807) is 25.7 Å². The maximum absolute atomic E-state index is 13.9. The number of aromatic nitrogens is 2. The Morgan fingerprint density at radius 3 is 1.93 bits per heavy atom. The molecule has 248 valence electrons. The Morgan fingerprint density at radius 2 is 1.48 bits per heavy atom. The number of nitrogens with zero attached hydrogens (tertiary/aromatic N) is 5. The number of rotatable bonds is 4. The molecule has 14 nitrogen and oxygen atoms in total. The molecular formula is C28H44F2N6O8. The summed E-state index contributed by atoms with van der Waals surface area (Å²) in [6, 6.07) is -0.639. The van der Waals surface area contributed by atoms with Crippen molar-refractivity contribution in [2.45, 2.75) is 128 Å². The van der Waals surface area contributed by atoms with Crippen molar-refractivity contribution < 1.29 is 47.5 Å². The van der Waals surface area contributed by atoms with Crippen LogP contribution < -0.4 is 5.73 Å². The Balaban J connectivity index is 0.000000202. The Labute approximate surface area is 254 Å². The summed E-state index contributed by atoms with van der Waals surface area (Å²) in [6.45, 7) is 12.0. The summed E-state index contributed by atoms with van der Waals surface area (Å²) in [5.41, 5.74) is 1.16. The minimum absolute atomic E-state index is 0.0357. The molecule has 1 aromatic rings. The number of carbonyl (C=O) groups is 3. The lowest BCUT2D eigenvalue weighted by molar-refractivity contribution is -0.144. The molecule has 2 amide bonds. The molecule has 0 aromatic carbocycles. The van der Waals surface area contributed by atoms with E-state index in [9.17, 15) is 23.2 Å². The summed E-state index contributed by atoms with van der Waals surface area (Å²) in [5, 5.41) is 23.4. The number of carboxylic acid groups (broad SMARTS) is 1. The largest absolute Gasteiger partial charge is 0.479 e. The van der Waals surface area contributed by atoms with E-state index in [1.807, 2.05) is 20.8 Å². The van der Waals surface area contributed by atoms with Crippen molar-refractivity contribution in [2.75, 3.05) is 13.1 Å². The van der Waals surface area contributed by atoms with Crippen LogP contribution in [0.15, 0.2) is 9.68 Å². The van der Waals surface area contributed by atoms with Crippen LogP contribution in [0.5, 0.6) is 0 Å². The van der Waals surface area contributed by atoms with E-state index >= 15 is 0 Å². The number of carboxylic acids is 1. The highest BCUT2D eigenvalue weighted by molar-refractivity contribution is 5.89. The van der Waals surface area contributed by atoms with Crippen LogP contribution in [0.1, 0.15) is 111 Å². The molecule has 2 saturated carbocycles. The van der Waals surface area contributed by atoms with Gasteiger partial charge >= 0.3 is 18.2 Å². The number of oxime groups is 1. The number of hydrogen-bond donors (Lipinski definition) is 3. The number of likely N-dealkylation sites (tertiary alicyclic amines) is 2. The maximum atomic E-state index is 13.9. The van der Waals surface area contributed by atoms with Gasteiger partial charge in [0.15, 0.2) is 17.3 Å². The summed E-state index contributed by atoms with van der Waals surface area (Å²) in [5.74, 6) is -0.846. The van der Waals surface area contributed by atoms with Crippen molar-refractivity contribution in [1.29, 1.82) is 0 Å². The lowest BCUT2D eigenvalue weighted by Crippen LogP contribution is -2.45. The van der Waals surface area contributed by atoms with E-state index in [-0.39, 0.29) is 36.7 Å². The summed E-state index contributed by atoms with van der Waals surface area (Å²) in [7, 11) is 0. The third-order valence-corrected chi connectivity index (χ3v) is 7.10. The first-order valence-corrected chi connectivity index (χ1v) is 14.7. The molecule has 44 heavy (non-hydrogen) atoms. The Hall–Kier alpha value is -3.72. The highest BCUT2D eigenvalue weighted by Crippen LogP contribution is 2.49. The Morgan fingerprint density at radius 1 is 0.955 bits per heavy atom. The minimum Gasteiger partial charge on any atom is -0.479 e. The van der Waals surface area contributed by atoms with Crippen LogP contribution in [0.3, 0.4) is 0 Å². The van der Waals surface area contributed by atoms with E-state index in [4.69, 9.17) is 30.0 Å². The number of ether oxygens (including phenoxy) is 2. The standard InChI is InChI=1S/C14H20FN3O3.C10H19N3O3.C4H5FO2/c1-13(2,3)20-12(19)18-8-4-5-9(18)10-16-11(21-17-10)14(15)6-7-14;1-10(2,3)16-9(14)13-6-4-5-7(13)8(11)12-15;5-4(1-2-4)3(6)7/h9H,4-8H2,1-3H3;7,15H,4-6H2,1-3H3,(H2,11,12);1-2H2,(H,6,7)/t9-;7-;/m00./s1. The first kappa shape index (κ1) is 34.8. The van der Waals surface area contributed by atoms with E-state index < -0.39 is 40.7 Å². The van der Waals surface area contributed by atoms with Crippen LogP contribution in [-0.2, 0) is 19.9 Å². The molecule has 2 atom stereocenters. The molecule has 0 spiro atoms. The number of amidine groups is 1. The van der Waals surface area contributed by atoms with Gasteiger partial charge in [-0.25, -0.2) is 23.2 Å². The second-order valence-corrected chi connectivity index (χ2v) is 13.4. The minimum atomic E-state index is -1.83. The molecule has 0 radical (unpaired) electrons. The zero-order valence-corrected chi connectivity index (χ0v) is 26.1. The highest BCUT2D eigenvalue weighted by Gasteiger charge is 2.52. The molecule has 5 rings (SSSR count). The second-order valence-electron chi connectivity index (χ2n) is 13.4. The number of carbonyl (C=O) groups excluding carboxylic acids is 2. The van der Waals surface area contributed by atoms with Gasteiger partial charge in [0.25, 0.3) is 5.89 Å². The number of amides is 2. The van der Waals surface area contributed by atoms with Gasteiger partial charge in [-0.15, -0.1) is 0 Å². The number of alkyl halides is 2. The van der Waals surface area contributed by atoms with Crippen LogP contribution in [0.25, 0.3) is 0 Å². The first-order chi connectivity index (χ1) is 20.3. The van der Waals surface area contributed by atoms with Gasteiger partial charge in [0, 0.05) is 13.1 Å². The van der Waals surface area contributed by atoms with Crippen LogP contribution in [-0.4, -0.2) is 90.2 Å². The van der Waals surface area contributed by atoms with Crippen molar-refractivity contribution in [3.63, 3.8) is 0 Å². The van der Waals surface area contributed by atoms with E-state index in [2.05, 4.69) is 15.3 Å². The van der Waals surface area contributed by atoms with Crippen molar-refractivity contribution in [3.05, 3.63) is 11.7 Å². The van der Waals surface area contributed by atoms with Gasteiger partial charge in [0.1, 0.15) is 11.2 Å². The van der Waals surface area contributed by atoms with Crippen molar-refractivity contribution in [3.8, 4) is 0 Å². The van der Waals surface area contributed by atoms with Crippen LogP contribution in [0, 0.1) is 0 Å². The fourth-order valence-corrected chi connectivity index (χ4v) is 4.45. The summed E-state index contributed by atoms with van der Waals surface area (Å²) in [4.78, 5) is 41.0. The molecule has 4 aliphatic rings. The smallest absolute Gasteiger partial charge is 0.410 e. The zero-order chi connectivity index (χ0) is 33.1. The summed E-state index contributed by atoms with van der Waals surface area (Å²) in [6.07, 6.45) is 3.55. The Bertz CT molecular complexity index is 1220. The third kappa shape index (κ3) is 9.39. The molecule has 1 aromatic heterocycles. The number of aliphatic carboxylic acids is 1. The molecular weight excluding hydrogens is 586 g/mol. The summed E-state index contributed by atoms with van der Waals surface area (Å²) < 4.78 is 41.6. The van der Waals surface area contributed by atoms with Gasteiger partial charge in [0.05, 0.1) is 12.1 Å². The van der Waals surface area contributed by atoms with Gasteiger partial charge < -0.3 is 30.0 Å². The lowest BCUT2D eigenvalue weighted by atomic mass is 10.2. The third-order valence-electron chi connectivity index (χ3n) is 7.10. The van der Waals surface area contributed by atoms with Gasteiger partial charge in [-0.1, -0.05) is 10.3 Å². The van der Waals surface area contributed by atoms with Crippen LogP contribution >= 0.6 is 0 Å². The van der Waals surface area contributed by atoms with Crippen molar-refractivity contribution in [2.24, 2.45) is 10.9 Å². The lowest BCUT2D eigenvalue weighted by Gasteiger charge is -2.27. The van der Waals surface area contributed by atoms with Gasteiger partial charge in [-0.2, -0.15) is 4.98 Å².